The van der Waals surface area contributed by atoms with E-state index in [1.54, 1.807) is 24.3 Å². The molecule has 64 valence electrons. The number of benzene rings is 1. The molecule has 0 aliphatic heterocycles. The second-order valence-corrected chi connectivity index (χ2v) is 3.19. The highest BCUT2D eigenvalue weighted by Crippen LogP contribution is 2.13. The van der Waals surface area contributed by atoms with Crippen LogP contribution in [0.4, 0.5) is 5.69 Å². The summed E-state index contributed by atoms with van der Waals surface area (Å²) < 4.78 is 0. The van der Waals surface area contributed by atoms with Crippen molar-refractivity contribution in [2.75, 3.05) is 10.6 Å². The number of rotatable bonds is 2. The Morgan fingerprint density at radius 1 is 1.42 bits per heavy atom. The molecule has 0 unspecified atom stereocenters. The average molecular weight is 249 g/mol. The lowest BCUT2D eigenvalue weighted by Crippen LogP contribution is -2.11. The number of hydrogen-bond acceptors (Lipinski definition) is 1. The summed E-state index contributed by atoms with van der Waals surface area (Å²) in [7, 11) is 0. The van der Waals surface area contributed by atoms with Crippen molar-refractivity contribution in [3.63, 3.8) is 0 Å². The van der Waals surface area contributed by atoms with Gasteiger partial charge in [0.25, 0.3) is 0 Å². The van der Waals surface area contributed by atoms with Crippen molar-refractivity contribution < 1.29 is 4.79 Å². The highest BCUT2D eigenvalue weighted by molar-refractivity contribution is 9.09. The Labute approximate surface area is 84.0 Å². The number of carbonyl (C=O) groups is 1. The second-order valence-electron chi connectivity index (χ2n) is 2.19. The first-order valence-corrected chi connectivity index (χ1v) is 4.83. The SMILES string of the molecule is O=C(CBr)Nc1ccc(Cl)cc1. The third-order valence-electron chi connectivity index (χ3n) is 1.25. The molecule has 1 rings (SSSR count). The molecule has 0 saturated heterocycles. The zero-order chi connectivity index (χ0) is 8.97. The fourth-order valence-electron chi connectivity index (χ4n) is 0.728. The van der Waals surface area contributed by atoms with Crippen LogP contribution in [-0.2, 0) is 4.79 Å². The molecule has 2 nitrogen and oxygen atoms in total. The minimum Gasteiger partial charge on any atom is -0.325 e. The van der Waals surface area contributed by atoms with Crippen LogP contribution >= 0.6 is 27.5 Å². The number of halogens is 2. The third-order valence-corrected chi connectivity index (χ3v) is 2.01. The van der Waals surface area contributed by atoms with Gasteiger partial charge >= 0.3 is 0 Å². The monoisotopic (exact) mass is 247 g/mol. The summed E-state index contributed by atoms with van der Waals surface area (Å²) in [5.41, 5.74) is 0.754. The van der Waals surface area contributed by atoms with E-state index in [-0.39, 0.29) is 5.91 Å². The maximum atomic E-state index is 10.9. The van der Waals surface area contributed by atoms with E-state index in [1.165, 1.54) is 0 Å². The molecule has 0 aliphatic rings. The second kappa shape index (κ2) is 4.48. The van der Waals surface area contributed by atoms with Crippen molar-refractivity contribution in [3.8, 4) is 0 Å². The molecule has 0 spiro atoms. The summed E-state index contributed by atoms with van der Waals surface area (Å²) in [5, 5.41) is 3.63. The quantitative estimate of drug-likeness (QED) is 0.801. The van der Waals surface area contributed by atoms with Crippen LogP contribution in [0.3, 0.4) is 0 Å². The van der Waals surface area contributed by atoms with Crippen LogP contribution in [0.15, 0.2) is 24.3 Å². The van der Waals surface area contributed by atoms with Crippen LogP contribution in [-0.4, -0.2) is 11.2 Å². The van der Waals surface area contributed by atoms with Gasteiger partial charge in [0.2, 0.25) is 5.91 Å². The Morgan fingerprint density at radius 2 is 2.00 bits per heavy atom. The number of amides is 1. The fraction of sp³-hybridized carbons (Fsp3) is 0.125. The maximum Gasteiger partial charge on any atom is 0.235 e. The van der Waals surface area contributed by atoms with Gasteiger partial charge in [0.15, 0.2) is 0 Å². The molecule has 1 amide bonds. The van der Waals surface area contributed by atoms with Gasteiger partial charge in [-0.25, -0.2) is 0 Å². The van der Waals surface area contributed by atoms with E-state index in [4.69, 9.17) is 11.6 Å². The van der Waals surface area contributed by atoms with E-state index in [0.29, 0.717) is 10.4 Å². The van der Waals surface area contributed by atoms with Crippen LogP contribution in [0, 0.1) is 0 Å². The van der Waals surface area contributed by atoms with Crippen molar-refractivity contribution >= 4 is 39.1 Å². The Morgan fingerprint density at radius 3 is 2.50 bits per heavy atom. The Hall–Kier alpha value is -0.540. The molecule has 12 heavy (non-hydrogen) atoms. The summed E-state index contributed by atoms with van der Waals surface area (Å²) in [6.45, 7) is 0. The summed E-state index contributed by atoms with van der Waals surface area (Å²) in [5.74, 6) is -0.0719. The molecule has 0 saturated carbocycles. The van der Waals surface area contributed by atoms with E-state index >= 15 is 0 Å². The highest BCUT2D eigenvalue weighted by Gasteiger charge is 1.97. The van der Waals surface area contributed by atoms with Gasteiger partial charge in [-0.05, 0) is 24.3 Å². The van der Waals surface area contributed by atoms with Gasteiger partial charge in [-0.3, -0.25) is 4.79 Å². The number of nitrogens with one attached hydrogen (secondary N) is 1. The molecule has 0 aliphatic carbocycles. The van der Waals surface area contributed by atoms with Crippen molar-refractivity contribution in [2.45, 2.75) is 0 Å². The molecule has 0 fully saturated rings. The van der Waals surface area contributed by atoms with Crippen LogP contribution in [0.2, 0.25) is 5.02 Å². The van der Waals surface area contributed by atoms with Crippen LogP contribution < -0.4 is 5.32 Å². The van der Waals surface area contributed by atoms with Crippen LogP contribution in [0.25, 0.3) is 0 Å². The zero-order valence-corrected chi connectivity index (χ0v) is 8.52. The van der Waals surface area contributed by atoms with Gasteiger partial charge in [0.1, 0.15) is 0 Å². The molecule has 0 heterocycles. The molecule has 1 N–H and O–H groups in total. The summed E-state index contributed by atoms with van der Waals surface area (Å²) in [6.07, 6.45) is 0. The Bertz CT molecular complexity index is 273. The van der Waals surface area contributed by atoms with E-state index in [9.17, 15) is 4.79 Å². The highest BCUT2D eigenvalue weighted by atomic mass is 79.9. The summed E-state index contributed by atoms with van der Waals surface area (Å²) in [4.78, 5) is 10.9. The average Bonchev–Trinajstić information content (AvgIpc) is 2.09. The van der Waals surface area contributed by atoms with Crippen molar-refractivity contribution in [3.05, 3.63) is 29.3 Å². The van der Waals surface area contributed by atoms with Gasteiger partial charge in [-0.2, -0.15) is 0 Å². The predicted octanol–water partition coefficient (Wildman–Crippen LogP) is 2.67. The van der Waals surface area contributed by atoms with E-state index in [2.05, 4.69) is 21.2 Å². The van der Waals surface area contributed by atoms with Gasteiger partial charge < -0.3 is 5.32 Å². The minimum absolute atomic E-state index is 0.0719. The molecule has 0 bridgehead atoms. The predicted molar refractivity (Wildman–Crippen MR) is 53.9 cm³/mol. The van der Waals surface area contributed by atoms with Crippen LogP contribution in [0.1, 0.15) is 0 Å². The molecule has 1 aromatic rings. The van der Waals surface area contributed by atoms with Crippen molar-refractivity contribution in [1.82, 2.24) is 0 Å². The molecule has 0 atom stereocenters. The summed E-state index contributed by atoms with van der Waals surface area (Å²) >= 11 is 8.71. The lowest BCUT2D eigenvalue weighted by atomic mass is 10.3. The Balaban J connectivity index is 2.64. The number of alkyl halides is 1. The lowest BCUT2D eigenvalue weighted by molar-refractivity contribution is -0.113. The zero-order valence-electron chi connectivity index (χ0n) is 6.18. The Kier molecular flexibility index (Phi) is 3.56. The lowest BCUT2D eigenvalue weighted by Gasteiger charge is -2.01. The van der Waals surface area contributed by atoms with E-state index in [0.717, 1.165) is 5.69 Å². The standard InChI is InChI=1S/C8H7BrClNO/c9-5-8(12)11-7-3-1-6(10)2-4-7/h1-4H,5H2,(H,11,12). The normalized spacial score (nSPS) is 9.50. The van der Waals surface area contributed by atoms with Gasteiger partial charge in [-0.15, -0.1) is 0 Å². The molecule has 0 radical (unpaired) electrons. The third kappa shape index (κ3) is 2.83. The van der Waals surface area contributed by atoms with Gasteiger partial charge in [-0.1, -0.05) is 27.5 Å². The van der Waals surface area contributed by atoms with E-state index < -0.39 is 0 Å². The molecule has 0 aromatic heterocycles. The van der Waals surface area contributed by atoms with Gasteiger partial charge in [0.05, 0.1) is 5.33 Å². The first-order chi connectivity index (χ1) is 5.72. The minimum atomic E-state index is -0.0719. The van der Waals surface area contributed by atoms with Crippen molar-refractivity contribution in [2.24, 2.45) is 0 Å². The summed E-state index contributed by atoms with van der Waals surface area (Å²) in [6, 6.07) is 6.96. The first-order valence-electron chi connectivity index (χ1n) is 3.34. The topological polar surface area (TPSA) is 29.1 Å². The number of anilines is 1. The molecule has 4 heteroatoms. The van der Waals surface area contributed by atoms with Crippen molar-refractivity contribution in [1.29, 1.82) is 0 Å². The largest absolute Gasteiger partial charge is 0.325 e. The first kappa shape index (κ1) is 9.55. The number of hydrogen-bond donors (Lipinski definition) is 1. The maximum absolute atomic E-state index is 10.9. The molecule has 1 aromatic carbocycles. The van der Waals surface area contributed by atoms with Crippen LogP contribution in [0.5, 0.6) is 0 Å². The molecular weight excluding hydrogens is 241 g/mol. The molecular formula is C8H7BrClNO. The van der Waals surface area contributed by atoms with E-state index in [1.807, 2.05) is 0 Å². The number of carbonyl (C=O) groups excluding carboxylic acids is 1. The smallest absolute Gasteiger partial charge is 0.235 e. The fourth-order valence-corrected chi connectivity index (χ4v) is 0.994. The van der Waals surface area contributed by atoms with Gasteiger partial charge in [0, 0.05) is 10.7 Å².